The predicted molar refractivity (Wildman–Crippen MR) is 52.3 cm³/mol. The molecule has 1 aliphatic heterocycles. The van der Waals surface area contributed by atoms with E-state index in [0.717, 1.165) is 4.57 Å². The maximum atomic E-state index is 12.8. The Morgan fingerprint density at radius 2 is 2.24 bits per heavy atom. The second-order valence-corrected chi connectivity index (χ2v) is 3.85. The molecule has 2 aromatic rings. The van der Waals surface area contributed by atoms with E-state index in [1.165, 1.54) is 12.3 Å². The topological polar surface area (TPSA) is 43.2 Å². The monoisotopic (exact) mass is 243 g/mol. The zero-order valence-electron chi connectivity index (χ0n) is 8.61. The number of imidazole rings is 1. The van der Waals surface area contributed by atoms with Crippen molar-refractivity contribution in [3.63, 3.8) is 0 Å². The van der Waals surface area contributed by atoms with Crippen LogP contribution >= 0.6 is 0 Å². The summed E-state index contributed by atoms with van der Waals surface area (Å²) in [6.45, 7) is 0.631. The molecule has 0 radical (unpaired) electrons. The summed E-state index contributed by atoms with van der Waals surface area (Å²) in [6.07, 6.45) is -3.18. The molecule has 1 aliphatic rings. The van der Waals surface area contributed by atoms with E-state index in [1.54, 1.807) is 6.07 Å². The van der Waals surface area contributed by atoms with E-state index in [4.69, 9.17) is 4.74 Å². The zero-order valence-corrected chi connectivity index (χ0v) is 8.61. The Hall–Kier alpha value is -1.63. The maximum Gasteiger partial charge on any atom is 0.449 e. The van der Waals surface area contributed by atoms with Gasteiger partial charge in [0.1, 0.15) is 5.52 Å². The molecule has 0 saturated carbocycles. The molecule has 1 atom stereocenters. The summed E-state index contributed by atoms with van der Waals surface area (Å²) in [5.74, 6) is -0.915. The van der Waals surface area contributed by atoms with Gasteiger partial charge in [-0.05, 0) is 12.1 Å². The smallest absolute Gasteiger partial charge is 0.371 e. The van der Waals surface area contributed by atoms with Crippen molar-refractivity contribution in [3.05, 3.63) is 24.2 Å². The number of halogens is 3. The van der Waals surface area contributed by atoms with Gasteiger partial charge in [-0.25, -0.2) is 9.97 Å². The first-order chi connectivity index (χ1) is 8.05. The van der Waals surface area contributed by atoms with E-state index in [-0.39, 0.29) is 23.8 Å². The van der Waals surface area contributed by atoms with Gasteiger partial charge in [0, 0.05) is 6.20 Å². The van der Waals surface area contributed by atoms with Crippen LogP contribution in [0.4, 0.5) is 13.2 Å². The van der Waals surface area contributed by atoms with Crippen molar-refractivity contribution in [1.29, 1.82) is 0 Å². The van der Waals surface area contributed by atoms with Gasteiger partial charge in [-0.3, -0.25) is 0 Å². The van der Waals surface area contributed by atoms with E-state index < -0.39 is 12.0 Å². The third-order valence-electron chi connectivity index (χ3n) is 2.55. The van der Waals surface area contributed by atoms with E-state index in [9.17, 15) is 13.2 Å². The van der Waals surface area contributed by atoms with Crippen LogP contribution in [0.5, 0.6) is 0 Å². The standard InChI is InChI=1S/C10H8F3N3O/c11-10(12,13)9-15-7-2-1-3-14-8(7)16(9)4-6-5-17-6/h1-3,6H,4-5H2/t6-/m1/s1. The van der Waals surface area contributed by atoms with Gasteiger partial charge in [0.2, 0.25) is 5.82 Å². The number of pyridine rings is 1. The van der Waals surface area contributed by atoms with Crippen molar-refractivity contribution in [2.45, 2.75) is 18.8 Å². The Morgan fingerprint density at radius 3 is 2.88 bits per heavy atom. The van der Waals surface area contributed by atoms with E-state index >= 15 is 0 Å². The molecular formula is C10H8F3N3O. The lowest BCUT2D eigenvalue weighted by Gasteiger charge is -2.08. The molecule has 17 heavy (non-hydrogen) atoms. The highest BCUT2D eigenvalue weighted by molar-refractivity contribution is 5.71. The number of hydrogen-bond donors (Lipinski definition) is 0. The summed E-state index contributed by atoms with van der Waals surface area (Å²) >= 11 is 0. The molecule has 1 saturated heterocycles. The molecule has 90 valence electrons. The summed E-state index contributed by atoms with van der Waals surface area (Å²) in [7, 11) is 0. The molecule has 0 aliphatic carbocycles. The van der Waals surface area contributed by atoms with E-state index in [0.29, 0.717) is 6.61 Å². The first kappa shape index (κ1) is 10.5. The van der Waals surface area contributed by atoms with E-state index in [2.05, 4.69) is 9.97 Å². The highest BCUT2D eigenvalue weighted by Crippen LogP contribution is 2.31. The third-order valence-corrected chi connectivity index (χ3v) is 2.55. The van der Waals surface area contributed by atoms with Gasteiger partial charge < -0.3 is 9.30 Å². The fourth-order valence-corrected chi connectivity index (χ4v) is 1.72. The molecule has 0 N–H and O–H groups in total. The van der Waals surface area contributed by atoms with Crippen molar-refractivity contribution in [3.8, 4) is 0 Å². The second-order valence-electron chi connectivity index (χ2n) is 3.85. The summed E-state index contributed by atoms with van der Waals surface area (Å²) in [5, 5.41) is 0. The fourth-order valence-electron chi connectivity index (χ4n) is 1.72. The number of epoxide rings is 1. The van der Waals surface area contributed by atoms with Gasteiger partial charge in [0.05, 0.1) is 19.3 Å². The lowest BCUT2D eigenvalue weighted by atomic mass is 10.4. The first-order valence-corrected chi connectivity index (χ1v) is 5.06. The lowest BCUT2D eigenvalue weighted by molar-refractivity contribution is -0.147. The summed E-state index contributed by atoms with van der Waals surface area (Å²) in [4.78, 5) is 7.53. The average molecular weight is 243 g/mol. The zero-order chi connectivity index (χ0) is 12.0. The lowest BCUT2D eigenvalue weighted by Crippen LogP contribution is -2.17. The normalized spacial score (nSPS) is 19.8. The largest absolute Gasteiger partial charge is 0.449 e. The summed E-state index contributed by atoms with van der Waals surface area (Å²) in [5.41, 5.74) is 0.496. The molecule has 0 unspecified atom stereocenters. The average Bonchev–Trinajstić information content (AvgIpc) is 2.98. The minimum Gasteiger partial charge on any atom is -0.371 e. The van der Waals surface area contributed by atoms with Crippen LogP contribution in [0.1, 0.15) is 5.82 Å². The van der Waals surface area contributed by atoms with Gasteiger partial charge in [-0.15, -0.1) is 0 Å². The number of alkyl halides is 3. The van der Waals surface area contributed by atoms with Gasteiger partial charge in [-0.2, -0.15) is 13.2 Å². The quantitative estimate of drug-likeness (QED) is 0.756. The van der Waals surface area contributed by atoms with Crippen LogP contribution in [-0.4, -0.2) is 27.2 Å². The van der Waals surface area contributed by atoms with Crippen LogP contribution < -0.4 is 0 Å². The predicted octanol–water partition coefficient (Wildman–Crippen LogP) is 1.85. The number of rotatable bonds is 2. The molecule has 7 heteroatoms. The molecule has 2 aromatic heterocycles. The molecule has 0 bridgehead atoms. The minimum atomic E-state index is -4.48. The number of fused-ring (bicyclic) bond motifs is 1. The van der Waals surface area contributed by atoms with Crippen LogP contribution in [0.3, 0.4) is 0 Å². The Labute approximate surface area is 94.0 Å². The molecule has 3 heterocycles. The number of nitrogens with zero attached hydrogens (tertiary/aromatic N) is 3. The summed E-state index contributed by atoms with van der Waals surface area (Å²) < 4.78 is 44.4. The molecule has 1 fully saturated rings. The van der Waals surface area contributed by atoms with Gasteiger partial charge in [0.15, 0.2) is 5.65 Å². The number of ether oxygens (including phenoxy) is 1. The Kier molecular flexibility index (Phi) is 2.12. The molecule has 0 spiro atoms. The number of aromatic nitrogens is 3. The highest BCUT2D eigenvalue weighted by atomic mass is 19.4. The first-order valence-electron chi connectivity index (χ1n) is 5.06. The Balaban J connectivity index is 2.17. The van der Waals surface area contributed by atoms with Crippen LogP contribution in [-0.2, 0) is 17.5 Å². The highest BCUT2D eigenvalue weighted by Gasteiger charge is 2.39. The SMILES string of the molecule is FC(F)(F)c1nc2cccnc2n1C[C@@H]1CO1. The van der Waals surface area contributed by atoms with Crippen LogP contribution in [0, 0.1) is 0 Å². The van der Waals surface area contributed by atoms with Crippen molar-refractivity contribution in [2.75, 3.05) is 6.61 Å². The third kappa shape index (κ3) is 1.86. The summed E-state index contributed by atoms with van der Waals surface area (Å²) in [6, 6.07) is 3.08. The van der Waals surface area contributed by atoms with Gasteiger partial charge in [-0.1, -0.05) is 0 Å². The molecule has 0 aromatic carbocycles. The van der Waals surface area contributed by atoms with Crippen molar-refractivity contribution < 1.29 is 17.9 Å². The second kappa shape index (κ2) is 3.43. The fraction of sp³-hybridized carbons (Fsp3) is 0.400. The molecule has 4 nitrogen and oxygen atoms in total. The molecule has 3 rings (SSSR count). The van der Waals surface area contributed by atoms with E-state index in [1.807, 2.05) is 0 Å². The maximum absolute atomic E-state index is 12.8. The van der Waals surface area contributed by atoms with Crippen molar-refractivity contribution >= 4 is 11.2 Å². The van der Waals surface area contributed by atoms with Crippen LogP contribution in [0.25, 0.3) is 11.2 Å². The van der Waals surface area contributed by atoms with Crippen LogP contribution in [0.2, 0.25) is 0 Å². The Bertz CT molecular complexity index is 559. The number of hydrogen-bond acceptors (Lipinski definition) is 3. The molecule has 0 amide bonds. The van der Waals surface area contributed by atoms with Gasteiger partial charge in [0.25, 0.3) is 0 Å². The van der Waals surface area contributed by atoms with Crippen molar-refractivity contribution in [2.24, 2.45) is 0 Å². The van der Waals surface area contributed by atoms with Crippen LogP contribution in [0.15, 0.2) is 18.3 Å². The minimum absolute atomic E-state index is 0.141. The van der Waals surface area contributed by atoms with Gasteiger partial charge >= 0.3 is 6.18 Å². The molecular weight excluding hydrogens is 235 g/mol. The Morgan fingerprint density at radius 1 is 1.47 bits per heavy atom. The van der Waals surface area contributed by atoms with Crippen molar-refractivity contribution in [1.82, 2.24) is 14.5 Å².